The Kier molecular flexibility index (Phi) is 5.70. The van der Waals surface area contributed by atoms with Crippen LogP contribution in [-0.4, -0.2) is 29.9 Å². The van der Waals surface area contributed by atoms with E-state index in [1.807, 2.05) is 24.3 Å². The highest BCUT2D eigenvalue weighted by molar-refractivity contribution is 6.30. The monoisotopic (exact) mass is 372 g/mol. The van der Waals surface area contributed by atoms with E-state index < -0.39 is 0 Å². The summed E-state index contributed by atoms with van der Waals surface area (Å²) in [6.45, 7) is 0.365. The van der Waals surface area contributed by atoms with Crippen LogP contribution in [0, 0.1) is 0 Å². The van der Waals surface area contributed by atoms with Crippen LogP contribution in [0.25, 0.3) is 11.5 Å². The zero-order valence-electron chi connectivity index (χ0n) is 14.0. The number of benzene rings is 2. The van der Waals surface area contributed by atoms with Gasteiger partial charge in [0.05, 0.1) is 7.11 Å². The number of rotatable bonds is 6. The van der Waals surface area contributed by atoms with E-state index in [-0.39, 0.29) is 6.03 Å². The smallest absolute Gasteiger partial charge is 0.319 e. The molecule has 26 heavy (non-hydrogen) atoms. The summed E-state index contributed by atoms with van der Waals surface area (Å²) >= 11 is 5.80. The molecule has 2 N–H and O–H groups in total. The topological polar surface area (TPSA) is 89.3 Å². The van der Waals surface area contributed by atoms with Gasteiger partial charge in [0, 0.05) is 29.2 Å². The van der Waals surface area contributed by atoms with E-state index in [9.17, 15) is 4.79 Å². The molecule has 0 saturated carbocycles. The molecule has 0 radical (unpaired) electrons. The molecule has 0 saturated heterocycles. The molecule has 2 amide bonds. The Hall–Kier alpha value is -3.06. The average Bonchev–Trinajstić information content (AvgIpc) is 3.12. The van der Waals surface area contributed by atoms with E-state index >= 15 is 0 Å². The summed E-state index contributed by atoms with van der Waals surface area (Å²) in [6, 6.07) is 13.9. The zero-order chi connectivity index (χ0) is 18.4. The number of methoxy groups -OCH3 is 1. The first-order valence-electron chi connectivity index (χ1n) is 7.91. The van der Waals surface area contributed by atoms with Gasteiger partial charge in [-0.15, -0.1) is 10.2 Å². The summed E-state index contributed by atoms with van der Waals surface area (Å²) in [7, 11) is 1.61. The third-order valence-electron chi connectivity index (χ3n) is 3.53. The highest BCUT2D eigenvalue weighted by Crippen LogP contribution is 2.21. The summed E-state index contributed by atoms with van der Waals surface area (Å²) in [5, 5.41) is 14.1. The molecule has 0 fully saturated rings. The van der Waals surface area contributed by atoms with Gasteiger partial charge in [0.25, 0.3) is 0 Å². The summed E-state index contributed by atoms with van der Waals surface area (Å²) in [5.74, 6) is 1.63. The quantitative estimate of drug-likeness (QED) is 0.687. The average molecular weight is 373 g/mol. The fourth-order valence-corrected chi connectivity index (χ4v) is 2.32. The first-order valence-corrected chi connectivity index (χ1v) is 8.29. The van der Waals surface area contributed by atoms with Crippen molar-refractivity contribution >= 4 is 23.3 Å². The highest BCUT2D eigenvalue weighted by Gasteiger charge is 2.09. The van der Waals surface area contributed by atoms with Gasteiger partial charge in [0.2, 0.25) is 11.8 Å². The Labute approximate surface area is 155 Å². The number of aromatic nitrogens is 2. The summed E-state index contributed by atoms with van der Waals surface area (Å²) in [5.41, 5.74) is 1.46. The van der Waals surface area contributed by atoms with Gasteiger partial charge in [-0.2, -0.15) is 0 Å². The zero-order valence-corrected chi connectivity index (χ0v) is 14.8. The maximum Gasteiger partial charge on any atom is 0.319 e. The minimum Gasteiger partial charge on any atom is -0.497 e. The second kappa shape index (κ2) is 8.35. The summed E-state index contributed by atoms with van der Waals surface area (Å²) < 4.78 is 10.7. The Morgan fingerprint density at radius 2 is 1.85 bits per heavy atom. The molecule has 8 heteroatoms. The minimum absolute atomic E-state index is 0.317. The van der Waals surface area contributed by atoms with E-state index in [0.29, 0.717) is 35.5 Å². The summed E-state index contributed by atoms with van der Waals surface area (Å²) in [6.07, 6.45) is 0.428. The second-order valence-electron chi connectivity index (χ2n) is 5.37. The number of amides is 2. The molecule has 0 unspecified atom stereocenters. The molecule has 0 aliphatic carbocycles. The van der Waals surface area contributed by atoms with Crippen molar-refractivity contribution in [3.63, 3.8) is 0 Å². The second-order valence-corrected chi connectivity index (χ2v) is 5.80. The number of hydrogen-bond donors (Lipinski definition) is 2. The van der Waals surface area contributed by atoms with Crippen molar-refractivity contribution < 1.29 is 13.9 Å². The van der Waals surface area contributed by atoms with Gasteiger partial charge >= 0.3 is 6.03 Å². The molecule has 0 aliphatic heterocycles. The molecule has 0 aliphatic rings. The predicted molar refractivity (Wildman–Crippen MR) is 98.5 cm³/mol. The number of carbonyl (C=O) groups is 1. The van der Waals surface area contributed by atoms with E-state index in [2.05, 4.69) is 20.8 Å². The van der Waals surface area contributed by atoms with Crippen LogP contribution < -0.4 is 15.4 Å². The van der Waals surface area contributed by atoms with Crippen molar-refractivity contribution in [1.29, 1.82) is 0 Å². The van der Waals surface area contributed by atoms with Gasteiger partial charge in [0.1, 0.15) is 5.75 Å². The fourth-order valence-electron chi connectivity index (χ4n) is 2.20. The number of nitrogens with zero attached hydrogens (tertiary/aromatic N) is 2. The lowest BCUT2D eigenvalue weighted by molar-refractivity contribution is 0.252. The summed E-state index contributed by atoms with van der Waals surface area (Å²) in [4.78, 5) is 11.8. The van der Waals surface area contributed by atoms with Crippen LogP contribution >= 0.6 is 11.6 Å². The number of halogens is 1. The number of hydrogen-bond acceptors (Lipinski definition) is 5. The Bertz CT molecular complexity index is 863. The molecule has 0 atom stereocenters. The van der Waals surface area contributed by atoms with Crippen LogP contribution in [0.2, 0.25) is 5.02 Å². The van der Waals surface area contributed by atoms with Gasteiger partial charge in [-0.1, -0.05) is 11.6 Å². The molecule has 3 rings (SSSR count). The molecular formula is C18H17ClN4O3. The Morgan fingerprint density at radius 1 is 1.12 bits per heavy atom. The molecule has 7 nitrogen and oxygen atoms in total. The first kappa shape index (κ1) is 17.8. The van der Waals surface area contributed by atoms with Crippen LogP contribution in [0.5, 0.6) is 5.75 Å². The molecule has 3 aromatic rings. The standard InChI is InChI=1S/C18H17ClN4O3/c1-25-15-8-2-12(3-9-15)17-23-22-16(26-17)10-11-20-18(24)21-14-6-4-13(19)5-7-14/h2-9H,10-11H2,1H3,(H2,20,21,24). The van der Waals surface area contributed by atoms with Crippen LogP contribution in [-0.2, 0) is 6.42 Å². The number of carbonyl (C=O) groups excluding carboxylic acids is 1. The Morgan fingerprint density at radius 3 is 2.54 bits per heavy atom. The van der Waals surface area contributed by atoms with Crippen molar-refractivity contribution in [1.82, 2.24) is 15.5 Å². The van der Waals surface area contributed by atoms with Crippen LogP contribution in [0.15, 0.2) is 52.9 Å². The number of nitrogens with one attached hydrogen (secondary N) is 2. The Balaban J connectivity index is 1.48. The molecule has 2 aromatic carbocycles. The third-order valence-corrected chi connectivity index (χ3v) is 3.78. The van der Waals surface area contributed by atoms with E-state index in [0.717, 1.165) is 11.3 Å². The minimum atomic E-state index is -0.317. The number of urea groups is 1. The van der Waals surface area contributed by atoms with Gasteiger partial charge in [0.15, 0.2) is 0 Å². The van der Waals surface area contributed by atoms with Crippen molar-refractivity contribution in [2.24, 2.45) is 0 Å². The highest BCUT2D eigenvalue weighted by atomic mass is 35.5. The molecule has 0 spiro atoms. The van der Waals surface area contributed by atoms with E-state index in [4.69, 9.17) is 20.8 Å². The molecule has 134 valence electrons. The van der Waals surface area contributed by atoms with Crippen molar-refractivity contribution in [3.8, 4) is 17.2 Å². The predicted octanol–water partition coefficient (Wildman–Crippen LogP) is 3.76. The lowest BCUT2D eigenvalue weighted by Crippen LogP contribution is -2.30. The third kappa shape index (κ3) is 4.73. The van der Waals surface area contributed by atoms with Gasteiger partial charge in [-0.25, -0.2) is 4.79 Å². The van der Waals surface area contributed by atoms with E-state index in [1.165, 1.54) is 0 Å². The molecular weight excluding hydrogens is 356 g/mol. The van der Waals surface area contributed by atoms with Crippen LogP contribution in [0.4, 0.5) is 10.5 Å². The lowest BCUT2D eigenvalue weighted by Gasteiger charge is -2.06. The first-order chi connectivity index (χ1) is 12.6. The molecule has 0 bridgehead atoms. The SMILES string of the molecule is COc1ccc(-c2nnc(CCNC(=O)Nc3ccc(Cl)cc3)o2)cc1. The maximum absolute atomic E-state index is 11.8. The number of ether oxygens (including phenoxy) is 1. The van der Waals surface area contributed by atoms with Crippen molar-refractivity contribution in [3.05, 3.63) is 59.4 Å². The van der Waals surface area contributed by atoms with Crippen LogP contribution in [0.3, 0.4) is 0 Å². The van der Waals surface area contributed by atoms with Crippen molar-refractivity contribution in [2.45, 2.75) is 6.42 Å². The number of anilines is 1. The van der Waals surface area contributed by atoms with Gasteiger partial charge in [-0.3, -0.25) is 0 Å². The van der Waals surface area contributed by atoms with E-state index in [1.54, 1.807) is 31.4 Å². The van der Waals surface area contributed by atoms with Crippen LogP contribution in [0.1, 0.15) is 5.89 Å². The lowest BCUT2D eigenvalue weighted by atomic mass is 10.2. The fraction of sp³-hybridized carbons (Fsp3) is 0.167. The van der Waals surface area contributed by atoms with Crippen molar-refractivity contribution in [2.75, 3.05) is 19.0 Å². The maximum atomic E-state index is 11.8. The largest absolute Gasteiger partial charge is 0.497 e. The van der Waals surface area contributed by atoms with Gasteiger partial charge < -0.3 is 19.8 Å². The molecule has 1 aromatic heterocycles. The van der Waals surface area contributed by atoms with Gasteiger partial charge in [-0.05, 0) is 48.5 Å². The normalized spacial score (nSPS) is 10.4. The molecule has 1 heterocycles.